The van der Waals surface area contributed by atoms with Crippen LogP contribution in [0.5, 0.6) is 0 Å². The van der Waals surface area contributed by atoms with Crippen LogP contribution in [0.15, 0.2) is 48.5 Å². The van der Waals surface area contributed by atoms with Gasteiger partial charge in [-0.05, 0) is 22.3 Å². The van der Waals surface area contributed by atoms with Crippen LogP contribution in [0, 0.1) is 12.3 Å². The summed E-state index contributed by atoms with van der Waals surface area (Å²) in [6.45, 7) is 0.164. The van der Waals surface area contributed by atoms with E-state index in [2.05, 4.69) is 23.4 Å². The molecule has 26 heavy (non-hydrogen) atoms. The number of hydrogen-bond donors (Lipinski definition) is 1. The third-order valence-corrected chi connectivity index (χ3v) is 5.76. The molecule has 1 amide bonds. The molecule has 0 saturated carbocycles. The van der Waals surface area contributed by atoms with Gasteiger partial charge in [0.15, 0.2) is 9.84 Å². The molecule has 0 radical (unpaired) electrons. The van der Waals surface area contributed by atoms with E-state index in [-0.39, 0.29) is 30.6 Å². The Hall–Kier alpha value is -2.78. The van der Waals surface area contributed by atoms with Crippen molar-refractivity contribution in [3.05, 3.63) is 59.7 Å². The van der Waals surface area contributed by atoms with E-state index >= 15 is 0 Å². The number of nitrogens with one attached hydrogen (secondary N) is 1. The molecule has 0 spiro atoms. The molecule has 0 saturated heterocycles. The summed E-state index contributed by atoms with van der Waals surface area (Å²) < 4.78 is 28.4. The fourth-order valence-corrected chi connectivity index (χ4v) is 3.97. The van der Waals surface area contributed by atoms with Crippen molar-refractivity contribution in [2.24, 2.45) is 0 Å². The third-order valence-electron chi connectivity index (χ3n) is 4.33. The summed E-state index contributed by atoms with van der Waals surface area (Å²) in [6, 6.07) is 16.1. The predicted molar refractivity (Wildman–Crippen MR) is 101 cm³/mol. The van der Waals surface area contributed by atoms with Crippen LogP contribution in [-0.4, -0.2) is 39.2 Å². The minimum Gasteiger partial charge on any atom is -0.449 e. The molecule has 0 bridgehead atoms. The Kier molecular flexibility index (Phi) is 5.29. The van der Waals surface area contributed by atoms with Crippen molar-refractivity contribution in [3.63, 3.8) is 0 Å². The van der Waals surface area contributed by atoms with Gasteiger partial charge in [-0.1, -0.05) is 54.5 Å². The quantitative estimate of drug-likeness (QED) is 0.795. The highest BCUT2D eigenvalue weighted by atomic mass is 32.2. The number of hydrogen-bond acceptors (Lipinski definition) is 4. The molecule has 2 aromatic carbocycles. The molecule has 1 aliphatic rings. The van der Waals surface area contributed by atoms with Gasteiger partial charge in [0.25, 0.3) is 0 Å². The summed E-state index contributed by atoms with van der Waals surface area (Å²) in [7, 11) is -3.34. The molecule has 5 nitrogen and oxygen atoms in total. The summed E-state index contributed by atoms with van der Waals surface area (Å²) >= 11 is 0. The fourth-order valence-electron chi connectivity index (χ4n) is 3.16. The number of sulfone groups is 1. The Morgan fingerprint density at radius 2 is 1.65 bits per heavy atom. The Balaban J connectivity index is 1.60. The maximum atomic E-state index is 11.9. The molecule has 3 rings (SSSR count). The topological polar surface area (TPSA) is 72.5 Å². The highest BCUT2D eigenvalue weighted by Crippen LogP contribution is 2.44. The number of benzene rings is 2. The van der Waals surface area contributed by atoms with Crippen LogP contribution in [0.1, 0.15) is 17.0 Å². The molecule has 0 unspecified atom stereocenters. The second-order valence-corrected chi connectivity index (χ2v) is 8.23. The van der Waals surface area contributed by atoms with Crippen LogP contribution >= 0.6 is 0 Å². The van der Waals surface area contributed by atoms with Gasteiger partial charge in [-0.3, -0.25) is 0 Å². The minimum atomic E-state index is -3.34. The zero-order valence-electron chi connectivity index (χ0n) is 14.1. The highest BCUT2D eigenvalue weighted by Gasteiger charge is 2.28. The van der Waals surface area contributed by atoms with Gasteiger partial charge in [-0.15, -0.1) is 6.42 Å². The van der Waals surface area contributed by atoms with Crippen LogP contribution in [0.25, 0.3) is 11.1 Å². The summed E-state index contributed by atoms with van der Waals surface area (Å²) in [6.07, 6.45) is 4.36. The zero-order chi connectivity index (χ0) is 18.6. The van der Waals surface area contributed by atoms with Crippen molar-refractivity contribution >= 4 is 15.9 Å². The first-order chi connectivity index (χ1) is 12.5. The van der Waals surface area contributed by atoms with Crippen LogP contribution in [0.3, 0.4) is 0 Å². The number of rotatable bonds is 6. The lowest BCUT2D eigenvalue weighted by Gasteiger charge is -2.14. The molecule has 0 aliphatic heterocycles. The Morgan fingerprint density at radius 3 is 2.23 bits per heavy atom. The lowest BCUT2D eigenvalue weighted by Crippen LogP contribution is -2.31. The van der Waals surface area contributed by atoms with E-state index in [9.17, 15) is 13.2 Å². The number of ether oxygens (including phenoxy) is 1. The van der Waals surface area contributed by atoms with Crippen molar-refractivity contribution in [1.29, 1.82) is 0 Å². The Labute approximate surface area is 153 Å². The van der Waals surface area contributed by atoms with E-state index < -0.39 is 15.9 Å². The number of carbonyl (C=O) groups excluding carboxylic acids is 1. The number of fused-ring (bicyclic) bond motifs is 3. The van der Waals surface area contributed by atoms with Gasteiger partial charge in [-0.2, -0.15) is 0 Å². The lowest BCUT2D eigenvalue weighted by molar-refractivity contribution is 0.143. The monoisotopic (exact) mass is 369 g/mol. The third kappa shape index (κ3) is 3.89. The fraction of sp³-hybridized carbons (Fsp3) is 0.250. The normalized spacial score (nSPS) is 12.7. The zero-order valence-corrected chi connectivity index (χ0v) is 15.0. The van der Waals surface area contributed by atoms with Crippen LogP contribution < -0.4 is 5.32 Å². The van der Waals surface area contributed by atoms with Gasteiger partial charge in [-0.25, -0.2) is 13.2 Å². The largest absolute Gasteiger partial charge is 0.449 e. The first-order valence-electron chi connectivity index (χ1n) is 8.24. The summed E-state index contributed by atoms with van der Waals surface area (Å²) in [4.78, 5) is 11.9. The standard InChI is InChI=1S/C20H19NO4S/c1-2-12-26(23,24)13-11-21-20(22)25-14-19-17-9-5-3-7-15(17)16-8-4-6-10-18(16)19/h1,3-10,19H,11-14H2,(H,21,22). The summed E-state index contributed by atoms with van der Waals surface area (Å²) in [5.74, 6) is 1.52. The Bertz CT molecular complexity index is 914. The van der Waals surface area contributed by atoms with E-state index in [1.165, 1.54) is 0 Å². The number of alkyl carbamates (subject to hydrolysis) is 1. The molecule has 0 heterocycles. The second-order valence-electron chi connectivity index (χ2n) is 6.05. The molecule has 134 valence electrons. The Morgan fingerprint density at radius 1 is 1.08 bits per heavy atom. The highest BCUT2D eigenvalue weighted by molar-refractivity contribution is 7.91. The molecule has 0 fully saturated rings. The lowest BCUT2D eigenvalue weighted by atomic mass is 9.98. The van der Waals surface area contributed by atoms with Crippen molar-refractivity contribution < 1.29 is 17.9 Å². The van der Waals surface area contributed by atoms with Gasteiger partial charge < -0.3 is 10.1 Å². The van der Waals surface area contributed by atoms with E-state index in [1.807, 2.05) is 36.4 Å². The molecular formula is C20H19NO4S. The van der Waals surface area contributed by atoms with E-state index in [4.69, 9.17) is 11.2 Å². The molecule has 6 heteroatoms. The number of carbonyl (C=O) groups is 1. The average Bonchev–Trinajstić information content (AvgIpc) is 2.94. The SMILES string of the molecule is C#CCS(=O)(=O)CCNC(=O)OCC1c2ccccc2-c2ccccc21. The van der Waals surface area contributed by atoms with Gasteiger partial charge >= 0.3 is 6.09 Å². The van der Waals surface area contributed by atoms with Crippen LogP contribution in [0.2, 0.25) is 0 Å². The summed E-state index contributed by atoms with van der Waals surface area (Å²) in [5.41, 5.74) is 4.55. The van der Waals surface area contributed by atoms with Crippen molar-refractivity contribution in [1.82, 2.24) is 5.32 Å². The number of terminal acetylenes is 1. The summed E-state index contributed by atoms with van der Waals surface area (Å²) in [5, 5.41) is 2.46. The molecular weight excluding hydrogens is 350 g/mol. The molecule has 2 aromatic rings. The van der Waals surface area contributed by atoms with Crippen molar-refractivity contribution in [2.75, 3.05) is 24.7 Å². The first-order valence-corrected chi connectivity index (χ1v) is 10.1. The van der Waals surface area contributed by atoms with Gasteiger partial charge in [0.1, 0.15) is 12.4 Å². The van der Waals surface area contributed by atoms with Gasteiger partial charge in [0.05, 0.1) is 5.75 Å². The second kappa shape index (κ2) is 7.63. The van der Waals surface area contributed by atoms with Crippen LogP contribution in [0.4, 0.5) is 4.79 Å². The maximum absolute atomic E-state index is 11.9. The van der Waals surface area contributed by atoms with Crippen molar-refractivity contribution in [2.45, 2.75) is 5.92 Å². The smallest absolute Gasteiger partial charge is 0.407 e. The molecule has 0 atom stereocenters. The maximum Gasteiger partial charge on any atom is 0.407 e. The molecule has 0 aromatic heterocycles. The van der Waals surface area contributed by atoms with E-state index in [1.54, 1.807) is 0 Å². The van der Waals surface area contributed by atoms with Crippen LogP contribution in [-0.2, 0) is 14.6 Å². The first kappa shape index (κ1) is 18.0. The van der Waals surface area contributed by atoms with E-state index in [0.29, 0.717) is 0 Å². The van der Waals surface area contributed by atoms with Crippen molar-refractivity contribution in [3.8, 4) is 23.5 Å². The molecule has 1 N–H and O–H groups in total. The van der Waals surface area contributed by atoms with Gasteiger partial charge in [0.2, 0.25) is 0 Å². The molecule has 1 aliphatic carbocycles. The number of amides is 1. The minimum absolute atomic E-state index is 0.0271. The average molecular weight is 369 g/mol. The predicted octanol–water partition coefficient (Wildman–Crippen LogP) is 2.57. The van der Waals surface area contributed by atoms with E-state index in [0.717, 1.165) is 22.3 Å². The van der Waals surface area contributed by atoms with Gasteiger partial charge in [0, 0.05) is 12.5 Å².